The summed E-state index contributed by atoms with van der Waals surface area (Å²) < 4.78 is 6.03. The molecule has 2 unspecified atom stereocenters. The number of hydrogen-bond acceptors (Lipinski definition) is 2. The number of benzene rings is 2. The lowest BCUT2D eigenvalue weighted by Crippen LogP contribution is -2.31. The molecule has 20 heavy (non-hydrogen) atoms. The minimum Gasteiger partial charge on any atom is -0.372 e. The Morgan fingerprint density at radius 2 is 1.55 bits per heavy atom. The van der Waals surface area contributed by atoms with Crippen LogP contribution in [0.5, 0.6) is 0 Å². The predicted octanol–water partition coefficient (Wildman–Crippen LogP) is 3.94. The second-order valence-electron chi connectivity index (χ2n) is 4.95. The van der Waals surface area contributed by atoms with Crippen LogP contribution in [0.2, 0.25) is 0 Å². The number of likely N-dealkylation sites (N-methyl/N-ethyl adjacent to an activating group) is 1. The molecule has 2 heteroatoms. The van der Waals surface area contributed by atoms with E-state index in [0.29, 0.717) is 6.61 Å². The van der Waals surface area contributed by atoms with Crippen LogP contribution in [0, 0.1) is 0 Å². The molecule has 0 saturated heterocycles. The van der Waals surface area contributed by atoms with Crippen molar-refractivity contribution in [2.75, 3.05) is 6.54 Å². The van der Waals surface area contributed by atoms with Crippen molar-refractivity contribution in [2.45, 2.75) is 32.6 Å². The molecule has 2 aromatic rings. The lowest BCUT2D eigenvalue weighted by Gasteiger charge is -2.25. The summed E-state index contributed by atoms with van der Waals surface area (Å²) in [6, 6.07) is 21.0. The zero-order chi connectivity index (χ0) is 14.2. The van der Waals surface area contributed by atoms with Crippen LogP contribution >= 0.6 is 0 Å². The van der Waals surface area contributed by atoms with Gasteiger partial charge in [0.05, 0.1) is 18.8 Å². The highest BCUT2D eigenvalue weighted by Crippen LogP contribution is 2.20. The van der Waals surface area contributed by atoms with Gasteiger partial charge in [-0.15, -0.1) is 0 Å². The number of hydrogen-bond donors (Lipinski definition) is 1. The summed E-state index contributed by atoms with van der Waals surface area (Å²) in [6.45, 7) is 5.83. The third-order valence-electron chi connectivity index (χ3n) is 3.41. The molecule has 2 aromatic carbocycles. The Kier molecular flexibility index (Phi) is 5.78. The summed E-state index contributed by atoms with van der Waals surface area (Å²) in [4.78, 5) is 0. The van der Waals surface area contributed by atoms with Gasteiger partial charge in [0.2, 0.25) is 0 Å². The Morgan fingerprint density at radius 1 is 0.950 bits per heavy atom. The van der Waals surface area contributed by atoms with Crippen LogP contribution in [-0.4, -0.2) is 12.6 Å². The van der Waals surface area contributed by atoms with Crippen molar-refractivity contribution in [3.63, 3.8) is 0 Å². The molecule has 0 spiro atoms. The SMILES string of the molecule is CCNC(c1ccccc1)C(C)OCc1ccccc1. The summed E-state index contributed by atoms with van der Waals surface area (Å²) in [5.41, 5.74) is 2.48. The van der Waals surface area contributed by atoms with Crippen LogP contribution in [0.4, 0.5) is 0 Å². The summed E-state index contributed by atoms with van der Waals surface area (Å²) >= 11 is 0. The Balaban J connectivity index is 1.99. The minimum absolute atomic E-state index is 0.123. The summed E-state index contributed by atoms with van der Waals surface area (Å²) in [5, 5.41) is 3.51. The van der Waals surface area contributed by atoms with E-state index in [1.807, 2.05) is 24.3 Å². The van der Waals surface area contributed by atoms with E-state index in [1.54, 1.807) is 0 Å². The monoisotopic (exact) mass is 269 g/mol. The molecule has 0 aliphatic carbocycles. The second kappa shape index (κ2) is 7.83. The van der Waals surface area contributed by atoms with E-state index in [0.717, 1.165) is 6.54 Å². The highest BCUT2D eigenvalue weighted by Gasteiger charge is 2.18. The fourth-order valence-electron chi connectivity index (χ4n) is 2.33. The fraction of sp³-hybridized carbons (Fsp3) is 0.333. The third-order valence-corrected chi connectivity index (χ3v) is 3.41. The number of nitrogens with one attached hydrogen (secondary N) is 1. The van der Waals surface area contributed by atoms with Gasteiger partial charge in [0, 0.05) is 0 Å². The molecule has 0 aliphatic heterocycles. The molecule has 0 saturated carbocycles. The molecule has 0 aromatic heterocycles. The molecule has 1 N–H and O–H groups in total. The first-order chi connectivity index (χ1) is 9.81. The van der Waals surface area contributed by atoms with Crippen molar-refractivity contribution in [2.24, 2.45) is 0 Å². The normalized spacial score (nSPS) is 13.9. The maximum absolute atomic E-state index is 6.03. The molecular weight excluding hydrogens is 246 g/mol. The van der Waals surface area contributed by atoms with Crippen LogP contribution in [-0.2, 0) is 11.3 Å². The minimum atomic E-state index is 0.123. The van der Waals surface area contributed by atoms with E-state index in [1.165, 1.54) is 11.1 Å². The Bertz CT molecular complexity index is 483. The summed E-state index contributed by atoms with van der Waals surface area (Å²) in [7, 11) is 0. The number of rotatable bonds is 7. The van der Waals surface area contributed by atoms with E-state index < -0.39 is 0 Å². The average molecular weight is 269 g/mol. The van der Waals surface area contributed by atoms with Crippen LogP contribution in [0.1, 0.15) is 31.0 Å². The standard InChI is InChI=1S/C18H23NO/c1-3-19-18(17-12-8-5-9-13-17)15(2)20-14-16-10-6-4-7-11-16/h4-13,15,18-19H,3,14H2,1-2H3. The predicted molar refractivity (Wildman–Crippen MR) is 83.6 cm³/mol. The third kappa shape index (κ3) is 4.19. The zero-order valence-corrected chi connectivity index (χ0v) is 12.3. The molecule has 0 heterocycles. The van der Waals surface area contributed by atoms with Crippen LogP contribution in [0.25, 0.3) is 0 Å². The van der Waals surface area contributed by atoms with Crippen molar-refractivity contribution in [3.8, 4) is 0 Å². The van der Waals surface area contributed by atoms with Crippen molar-refractivity contribution in [3.05, 3.63) is 71.8 Å². The van der Waals surface area contributed by atoms with E-state index in [-0.39, 0.29) is 12.1 Å². The fourth-order valence-corrected chi connectivity index (χ4v) is 2.33. The van der Waals surface area contributed by atoms with Gasteiger partial charge in [-0.25, -0.2) is 0 Å². The maximum atomic E-state index is 6.03. The van der Waals surface area contributed by atoms with Crippen LogP contribution < -0.4 is 5.32 Å². The highest BCUT2D eigenvalue weighted by atomic mass is 16.5. The smallest absolute Gasteiger partial charge is 0.0746 e. The van der Waals surface area contributed by atoms with Gasteiger partial charge in [0.1, 0.15) is 0 Å². The molecule has 106 valence electrons. The van der Waals surface area contributed by atoms with Gasteiger partial charge in [0.15, 0.2) is 0 Å². The zero-order valence-electron chi connectivity index (χ0n) is 12.3. The lowest BCUT2D eigenvalue weighted by atomic mass is 10.0. The largest absolute Gasteiger partial charge is 0.372 e. The Hall–Kier alpha value is -1.64. The van der Waals surface area contributed by atoms with E-state index in [4.69, 9.17) is 4.74 Å². The van der Waals surface area contributed by atoms with Gasteiger partial charge in [-0.05, 0) is 24.6 Å². The van der Waals surface area contributed by atoms with E-state index in [9.17, 15) is 0 Å². The average Bonchev–Trinajstić information content (AvgIpc) is 2.52. The first-order valence-corrected chi connectivity index (χ1v) is 7.25. The molecule has 0 aliphatic rings. The maximum Gasteiger partial charge on any atom is 0.0746 e. The molecule has 2 atom stereocenters. The Labute approximate surface area is 121 Å². The number of ether oxygens (including phenoxy) is 1. The topological polar surface area (TPSA) is 21.3 Å². The van der Waals surface area contributed by atoms with Gasteiger partial charge in [-0.1, -0.05) is 67.6 Å². The van der Waals surface area contributed by atoms with Crippen LogP contribution in [0.15, 0.2) is 60.7 Å². The van der Waals surface area contributed by atoms with Crippen molar-refractivity contribution in [1.82, 2.24) is 5.32 Å². The van der Waals surface area contributed by atoms with Gasteiger partial charge < -0.3 is 10.1 Å². The summed E-state index contributed by atoms with van der Waals surface area (Å²) in [6.07, 6.45) is 0.123. The first kappa shape index (κ1) is 14.8. The van der Waals surface area contributed by atoms with Crippen molar-refractivity contribution >= 4 is 0 Å². The quantitative estimate of drug-likeness (QED) is 0.822. The molecular formula is C18H23NO. The van der Waals surface area contributed by atoms with E-state index in [2.05, 4.69) is 55.6 Å². The Morgan fingerprint density at radius 3 is 2.15 bits per heavy atom. The van der Waals surface area contributed by atoms with Crippen molar-refractivity contribution < 1.29 is 4.74 Å². The highest BCUT2D eigenvalue weighted by molar-refractivity contribution is 5.20. The van der Waals surface area contributed by atoms with Gasteiger partial charge in [-0.3, -0.25) is 0 Å². The molecule has 0 fully saturated rings. The molecule has 2 rings (SSSR count). The summed E-state index contributed by atoms with van der Waals surface area (Å²) in [5.74, 6) is 0. The van der Waals surface area contributed by atoms with E-state index >= 15 is 0 Å². The van der Waals surface area contributed by atoms with Crippen molar-refractivity contribution in [1.29, 1.82) is 0 Å². The molecule has 0 amide bonds. The molecule has 0 bridgehead atoms. The van der Waals surface area contributed by atoms with Gasteiger partial charge >= 0.3 is 0 Å². The molecule has 2 nitrogen and oxygen atoms in total. The van der Waals surface area contributed by atoms with Crippen LogP contribution in [0.3, 0.4) is 0 Å². The van der Waals surface area contributed by atoms with Gasteiger partial charge in [-0.2, -0.15) is 0 Å². The molecule has 0 radical (unpaired) electrons. The lowest BCUT2D eigenvalue weighted by molar-refractivity contribution is 0.0269. The second-order valence-corrected chi connectivity index (χ2v) is 4.95. The van der Waals surface area contributed by atoms with Gasteiger partial charge in [0.25, 0.3) is 0 Å². The first-order valence-electron chi connectivity index (χ1n) is 7.25.